The topological polar surface area (TPSA) is 78.1 Å². The van der Waals surface area contributed by atoms with Crippen molar-refractivity contribution >= 4 is 35.6 Å². The summed E-state index contributed by atoms with van der Waals surface area (Å²) in [5, 5.41) is 3.00. The third-order valence-corrected chi connectivity index (χ3v) is 2.84. The molecule has 0 saturated carbocycles. The SMILES string of the molecule is COc1ccc(NC(N)=NCC(C)(C)OC)cc1OC.I. The normalized spacial score (nSPS) is 11.6. The Balaban J connectivity index is 0.00000400. The Labute approximate surface area is 143 Å². The highest BCUT2D eigenvalue weighted by atomic mass is 127. The van der Waals surface area contributed by atoms with Gasteiger partial charge in [0.2, 0.25) is 0 Å². The first-order chi connectivity index (χ1) is 9.41. The summed E-state index contributed by atoms with van der Waals surface area (Å²) in [4.78, 5) is 4.25. The fourth-order valence-electron chi connectivity index (χ4n) is 1.44. The first-order valence-electron chi connectivity index (χ1n) is 6.26. The Morgan fingerprint density at radius 1 is 1.19 bits per heavy atom. The van der Waals surface area contributed by atoms with Crippen LogP contribution in [0.2, 0.25) is 0 Å². The number of hydrogen-bond donors (Lipinski definition) is 2. The van der Waals surface area contributed by atoms with Gasteiger partial charge in [0.25, 0.3) is 0 Å². The van der Waals surface area contributed by atoms with Gasteiger partial charge >= 0.3 is 0 Å². The van der Waals surface area contributed by atoms with Gasteiger partial charge < -0.3 is 25.3 Å². The van der Waals surface area contributed by atoms with Gasteiger partial charge in [-0.15, -0.1) is 24.0 Å². The van der Waals surface area contributed by atoms with Crippen LogP contribution in [0, 0.1) is 0 Å². The number of benzene rings is 1. The summed E-state index contributed by atoms with van der Waals surface area (Å²) in [5.41, 5.74) is 6.27. The standard InChI is InChI=1S/C14H23N3O3.HI/c1-14(2,20-5)9-16-13(15)17-10-6-7-11(18-3)12(8-10)19-4;/h6-8H,9H2,1-5H3,(H3,15,16,17);1H. The number of rotatable bonds is 6. The quantitative estimate of drug-likeness (QED) is 0.429. The molecule has 0 amide bonds. The second-order valence-electron chi connectivity index (χ2n) is 4.86. The second kappa shape index (κ2) is 8.93. The number of nitrogens with two attached hydrogens (primary N) is 1. The molecule has 1 aromatic carbocycles. The van der Waals surface area contributed by atoms with Crippen molar-refractivity contribution in [2.24, 2.45) is 10.7 Å². The van der Waals surface area contributed by atoms with Crippen LogP contribution in [0.5, 0.6) is 11.5 Å². The Kier molecular flexibility index (Phi) is 8.41. The number of guanidine groups is 1. The van der Waals surface area contributed by atoms with E-state index in [1.165, 1.54) is 0 Å². The number of methoxy groups -OCH3 is 3. The minimum Gasteiger partial charge on any atom is -0.493 e. The number of nitrogens with one attached hydrogen (secondary N) is 1. The van der Waals surface area contributed by atoms with E-state index >= 15 is 0 Å². The summed E-state index contributed by atoms with van der Waals surface area (Å²) in [7, 11) is 4.82. The van der Waals surface area contributed by atoms with Gasteiger partial charge in [-0.2, -0.15) is 0 Å². The molecule has 7 heteroatoms. The summed E-state index contributed by atoms with van der Waals surface area (Å²) < 4.78 is 15.7. The van der Waals surface area contributed by atoms with Crippen LogP contribution in [0.3, 0.4) is 0 Å². The second-order valence-corrected chi connectivity index (χ2v) is 4.86. The number of hydrogen-bond acceptors (Lipinski definition) is 4. The average molecular weight is 409 g/mol. The van der Waals surface area contributed by atoms with Crippen LogP contribution in [0.25, 0.3) is 0 Å². The zero-order chi connectivity index (χ0) is 15.2. The van der Waals surface area contributed by atoms with Crippen molar-refractivity contribution in [3.05, 3.63) is 18.2 Å². The number of nitrogens with zero attached hydrogens (tertiary/aromatic N) is 1. The van der Waals surface area contributed by atoms with Crippen LogP contribution < -0.4 is 20.5 Å². The molecule has 21 heavy (non-hydrogen) atoms. The Bertz CT molecular complexity index is 479. The number of halogens is 1. The third-order valence-electron chi connectivity index (χ3n) is 2.84. The van der Waals surface area contributed by atoms with E-state index in [2.05, 4.69) is 10.3 Å². The highest BCUT2D eigenvalue weighted by Gasteiger charge is 2.15. The van der Waals surface area contributed by atoms with E-state index < -0.39 is 0 Å². The fraction of sp³-hybridized carbons (Fsp3) is 0.500. The van der Waals surface area contributed by atoms with Crippen molar-refractivity contribution in [1.29, 1.82) is 0 Å². The first-order valence-corrected chi connectivity index (χ1v) is 6.26. The minimum absolute atomic E-state index is 0. The van der Waals surface area contributed by atoms with Gasteiger partial charge in [0.05, 0.1) is 26.4 Å². The lowest BCUT2D eigenvalue weighted by Gasteiger charge is -2.20. The van der Waals surface area contributed by atoms with Crippen molar-refractivity contribution < 1.29 is 14.2 Å². The molecular formula is C14H24IN3O3. The van der Waals surface area contributed by atoms with Gasteiger partial charge in [0.1, 0.15) is 0 Å². The van der Waals surface area contributed by atoms with Crippen LogP contribution >= 0.6 is 24.0 Å². The maximum atomic E-state index is 5.84. The molecule has 0 bridgehead atoms. The van der Waals surface area contributed by atoms with E-state index in [0.717, 1.165) is 5.69 Å². The number of aliphatic imine (C=N–C) groups is 1. The lowest BCUT2D eigenvalue weighted by molar-refractivity contribution is 0.0312. The summed E-state index contributed by atoms with van der Waals surface area (Å²) in [6, 6.07) is 5.43. The lowest BCUT2D eigenvalue weighted by atomic mass is 10.1. The zero-order valence-electron chi connectivity index (χ0n) is 13.1. The van der Waals surface area contributed by atoms with Gasteiger partial charge in [0.15, 0.2) is 17.5 Å². The largest absolute Gasteiger partial charge is 0.493 e. The fourth-order valence-corrected chi connectivity index (χ4v) is 1.44. The lowest BCUT2D eigenvalue weighted by Crippen LogP contribution is -2.30. The van der Waals surface area contributed by atoms with Crippen molar-refractivity contribution in [2.45, 2.75) is 19.4 Å². The summed E-state index contributed by atoms with van der Waals surface area (Å²) in [6.07, 6.45) is 0. The molecule has 0 spiro atoms. The smallest absolute Gasteiger partial charge is 0.193 e. The molecule has 0 aliphatic rings. The molecule has 0 radical (unpaired) electrons. The van der Waals surface area contributed by atoms with E-state index in [-0.39, 0.29) is 29.6 Å². The zero-order valence-corrected chi connectivity index (χ0v) is 15.4. The number of ether oxygens (including phenoxy) is 3. The Morgan fingerprint density at radius 2 is 1.81 bits per heavy atom. The van der Waals surface area contributed by atoms with Crippen LogP contribution in [-0.4, -0.2) is 39.4 Å². The Hall–Kier alpha value is -1.22. The monoisotopic (exact) mass is 409 g/mol. The summed E-state index contributed by atoms with van der Waals surface area (Å²) >= 11 is 0. The van der Waals surface area contributed by atoms with Crippen LogP contribution in [0.15, 0.2) is 23.2 Å². The van der Waals surface area contributed by atoms with Gasteiger partial charge in [-0.25, -0.2) is 0 Å². The molecule has 120 valence electrons. The third kappa shape index (κ3) is 6.38. The highest BCUT2D eigenvalue weighted by Crippen LogP contribution is 2.29. The average Bonchev–Trinajstić information content (AvgIpc) is 2.45. The summed E-state index contributed by atoms with van der Waals surface area (Å²) in [5.74, 6) is 1.61. The highest BCUT2D eigenvalue weighted by molar-refractivity contribution is 14.0. The maximum absolute atomic E-state index is 5.84. The van der Waals surface area contributed by atoms with E-state index in [1.54, 1.807) is 33.5 Å². The maximum Gasteiger partial charge on any atom is 0.193 e. The minimum atomic E-state index is -0.343. The molecule has 0 aliphatic heterocycles. The van der Waals surface area contributed by atoms with Crippen molar-refractivity contribution in [2.75, 3.05) is 33.2 Å². The number of anilines is 1. The molecular weight excluding hydrogens is 385 g/mol. The Morgan fingerprint density at radius 3 is 2.33 bits per heavy atom. The predicted molar refractivity (Wildman–Crippen MR) is 96.2 cm³/mol. The van der Waals surface area contributed by atoms with Crippen LogP contribution in [0.4, 0.5) is 5.69 Å². The van der Waals surface area contributed by atoms with Gasteiger partial charge in [-0.1, -0.05) is 0 Å². The predicted octanol–water partition coefficient (Wildman–Crippen LogP) is 2.47. The van der Waals surface area contributed by atoms with E-state index in [1.807, 2.05) is 19.9 Å². The molecule has 0 saturated heterocycles. The molecule has 0 aliphatic carbocycles. The molecule has 0 unspecified atom stereocenters. The molecule has 1 aromatic rings. The first kappa shape index (κ1) is 19.8. The summed E-state index contributed by atoms with van der Waals surface area (Å²) in [6.45, 7) is 4.36. The molecule has 0 heterocycles. The molecule has 0 atom stereocenters. The van der Waals surface area contributed by atoms with Gasteiger partial charge in [0, 0.05) is 18.9 Å². The molecule has 3 N–H and O–H groups in total. The van der Waals surface area contributed by atoms with Crippen molar-refractivity contribution in [1.82, 2.24) is 0 Å². The molecule has 0 fully saturated rings. The van der Waals surface area contributed by atoms with Crippen LogP contribution in [0.1, 0.15) is 13.8 Å². The van der Waals surface area contributed by atoms with Crippen LogP contribution in [-0.2, 0) is 4.74 Å². The van der Waals surface area contributed by atoms with Gasteiger partial charge in [-0.05, 0) is 26.0 Å². The molecule has 0 aromatic heterocycles. The van der Waals surface area contributed by atoms with E-state index in [0.29, 0.717) is 24.0 Å². The molecule has 1 rings (SSSR count). The van der Waals surface area contributed by atoms with E-state index in [9.17, 15) is 0 Å². The van der Waals surface area contributed by atoms with E-state index in [4.69, 9.17) is 19.9 Å². The van der Waals surface area contributed by atoms with Crippen molar-refractivity contribution in [3.8, 4) is 11.5 Å². The van der Waals surface area contributed by atoms with Crippen molar-refractivity contribution in [3.63, 3.8) is 0 Å². The molecule has 6 nitrogen and oxygen atoms in total. The van der Waals surface area contributed by atoms with Gasteiger partial charge in [-0.3, -0.25) is 4.99 Å².